The van der Waals surface area contributed by atoms with Crippen molar-refractivity contribution >= 4 is 50.4 Å². The van der Waals surface area contributed by atoms with E-state index in [4.69, 9.17) is 22.3 Å². The Morgan fingerprint density at radius 3 is 2.69 bits per heavy atom. The van der Waals surface area contributed by atoms with E-state index in [-0.39, 0.29) is 5.91 Å². The maximum absolute atomic E-state index is 13.2. The average Bonchev–Trinajstić information content (AvgIpc) is 3.05. The Morgan fingerprint density at radius 1 is 1.21 bits per heavy atom. The highest BCUT2D eigenvalue weighted by Crippen LogP contribution is 2.34. The SMILES string of the molecule is CCCc1ccc2c(N)c(C(=O)N3CCN(c4cc(Cl)ccc4C)CC3)sc2n1. The number of halogens is 1. The molecule has 152 valence electrons. The molecule has 0 atom stereocenters. The van der Waals surface area contributed by atoms with Crippen LogP contribution in [0.1, 0.15) is 34.3 Å². The van der Waals surface area contributed by atoms with Gasteiger partial charge in [0.1, 0.15) is 9.71 Å². The number of thiophene rings is 1. The zero-order valence-corrected chi connectivity index (χ0v) is 18.3. The summed E-state index contributed by atoms with van der Waals surface area (Å²) < 4.78 is 0. The van der Waals surface area contributed by atoms with Gasteiger partial charge in [-0.2, -0.15) is 0 Å². The third-order valence-corrected chi connectivity index (χ3v) is 6.77. The Bertz CT molecular complexity index is 1060. The van der Waals surface area contributed by atoms with Gasteiger partial charge in [-0.3, -0.25) is 4.79 Å². The lowest BCUT2D eigenvalue weighted by Gasteiger charge is -2.36. The van der Waals surface area contributed by atoms with E-state index in [1.54, 1.807) is 0 Å². The van der Waals surface area contributed by atoms with E-state index < -0.39 is 0 Å². The van der Waals surface area contributed by atoms with Gasteiger partial charge in [0, 0.05) is 48.0 Å². The summed E-state index contributed by atoms with van der Waals surface area (Å²) in [5.41, 5.74) is 10.3. The predicted molar refractivity (Wildman–Crippen MR) is 122 cm³/mol. The number of fused-ring (bicyclic) bond motifs is 1. The third kappa shape index (κ3) is 3.91. The summed E-state index contributed by atoms with van der Waals surface area (Å²) in [4.78, 5) is 23.5. The van der Waals surface area contributed by atoms with Gasteiger partial charge in [0.15, 0.2) is 0 Å². The number of nitrogens with two attached hydrogens (primary N) is 1. The van der Waals surface area contributed by atoms with Gasteiger partial charge in [0.2, 0.25) is 0 Å². The van der Waals surface area contributed by atoms with Crippen LogP contribution in [0.25, 0.3) is 10.2 Å². The second-order valence-corrected chi connectivity index (χ2v) is 8.90. The smallest absolute Gasteiger partial charge is 0.266 e. The quantitative estimate of drug-likeness (QED) is 0.651. The Balaban J connectivity index is 1.51. The largest absolute Gasteiger partial charge is 0.397 e. The number of amides is 1. The molecule has 3 aromatic rings. The van der Waals surface area contributed by atoms with Crippen LogP contribution < -0.4 is 10.6 Å². The van der Waals surface area contributed by atoms with Crippen molar-refractivity contribution in [2.45, 2.75) is 26.7 Å². The molecule has 2 aromatic heterocycles. The van der Waals surface area contributed by atoms with Crippen LogP contribution in [0.4, 0.5) is 11.4 Å². The molecule has 7 heteroatoms. The van der Waals surface area contributed by atoms with Crippen LogP contribution in [-0.2, 0) is 6.42 Å². The lowest BCUT2D eigenvalue weighted by atomic mass is 10.1. The zero-order valence-electron chi connectivity index (χ0n) is 16.7. The second kappa shape index (κ2) is 8.20. The van der Waals surface area contributed by atoms with Gasteiger partial charge in [-0.05, 0) is 43.2 Å². The lowest BCUT2D eigenvalue weighted by molar-refractivity contribution is 0.0752. The van der Waals surface area contributed by atoms with Gasteiger partial charge in [-0.15, -0.1) is 11.3 Å². The first-order valence-electron chi connectivity index (χ1n) is 9.96. The van der Waals surface area contributed by atoms with Gasteiger partial charge in [-0.25, -0.2) is 4.98 Å². The number of aryl methyl sites for hydroxylation is 2. The van der Waals surface area contributed by atoms with Gasteiger partial charge in [0.05, 0.1) is 5.69 Å². The number of hydrogen-bond donors (Lipinski definition) is 1. The van der Waals surface area contributed by atoms with E-state index in [1.165, 1.54) is 16.9 Å². The van der Waals surface area contributed by atoms with E-state index in [9.17, 15) is 4.79 Å². The minimum Gasteiger partial charge on any atom is -0.397 e. The third-order valence-electron chi connectivity index (χ3n) is 5.43. The number of anilines is 2. The molecular weight excluding hydrogens is 404 g/mol. The number of pyridine rings is 1. The van der Waals surface area contributed by atoms with Crippen LogP contribution in [0.15, 0.2) is 30.3 Å². The van der Waals surface area contributed by atoms with Crippen LogP contribution in [0.5, 0.6) is 0 Å². The Hall–Kier alpha value is -2.31. The molecule has 1 saturated heterocycles. The number of nitrogens with zero attached hydrogens (tertiary/aromatic N) is 3. The summed E-state index contributed by atoms with van der Waals surface area (Å²) in [7, 11) is 0. The Labute approximate surface area is 180 Å². The predicted octanol–water partition coefficient (Wildman–Crippen LogP) is 4.76. The van der Waals surface area contributed by atoms with Crippen molar-refractivity contribution in [2.24, 2.45) is 0 Å². The highest BCUT2D eigenvalue weighted by atomic mass is 35.5. The number of nitrogen functional groups attached to an aromatic ring is 1. The van der Waals surface area contributed by atoms with Gasteiger partial charge < -0.3 is 15.5 Å². The molecular formula is C22H25ClN4OS. The lowest BCUT2D eigenvalue weighted by Crippen LogP contribution is -2.49. The van der Waals surface area contributed by atoms with Crippen molar-refractivity contribution in [3.63, 3.8) is 0 Å². The monoisotopic (exact) mass is 428 g/mol. The maximum atomic E-state index is 13.2. The number of rotatable bonds is 4. The van der Waals surface area contributed by atoms with Crippen LogP contribution in [0.3, 0.4) is 0 Å². The van der Waals surface area contributed by atoms with Crippen molar-refractivity contribution < 1.29 is 4.79 Å². The minimum absolute atomic E-state index is 0.00464. The average molecular weight is 429 g/mol. The fraction of sp³-hybridized carbons (Fsp3) is 0.364. The maximum Gasteiger partial charge on any atom is 0.266 e. The first-order valence-corrected chi connectivity index (χ1v) is 11.2. The van der Waals surface area contributed by atoms with Crippen LogP contribution in [-0.4, -0.2) is 42.0 Å². The molecule has 5 nitrogen and oxygen atoms in total. The number of piperazine rings is 1. The van der Waals surface area contributed by atoms with Crippen LogP contribution in [0.2, 0.25) is 5.02 Å². The number of carbonyl (C=O) groups excluding carboxylic acids is 1. The zero-order chi connectivity index (χ0) is 20.5. The molecule has 4 rings (SSSR count). The van der Waals surface area contributed by atoms with E-state index in [0.717, 1.165) is 52.6 Å². The normalized spacial score (nSPS) is 14.6. The summed E-state index contributed by atoms with van der Waals surface area (Å²) in [5, 5.41) is 1.61. The number of carbonyl (C=O) groups is 1. The fourth-order valence-electron chi connectivity index (χ4n) is 3.81. The molecule has 0 bridgehead atoms. The molecule has 0 radical (unpaired) electrons. The van der Waals surface area contributed by atoms with Crippen molar-refractivity contribution in [1.29, 1.82) is 0 Å². The fourth-order valence-corrected chi connectivity index (χ4v) is 5.05. The summed E-state index contributed by atoms with van der Waals surface area (Å²) in [6, 6.07) is 9.94. The molecule has 1 amide bonds. The van der Waals surface area contributed by atoms with Crippen molar-refractivity contribution in [3.05, 3.63) is 51.5 Å². The summed E-state index contributed by atoms with van der Waals surface area (Å²) in [6.07, 6.45) is 1.98. The van der Waals surface area contributed by atoms with Crippen molar-refractivity contribution in [2.75, 3.05) is 36.8 Å². The molecule has 1 fully saturated rings. The van der Waals surface area contributed by atoms with Crippen LogP contribution in [0, 0.1) is 6.92 Å². The molecule has 1 aliphatic rings. The van der Waals surface area contributed by atoms with E-state index >= 15 is 0 Å². The first kappa shape index (κ1) is 20.0. The Morgan fingerprint density at radius 2 is 1.97 bits per heavy atom. The molecule has 1 aromatic carbocycles. The topological polar surface area (TPSA) is 62.5 Å². The molecule has 1 aliphatic heterocycles. The minimum atomic E-state index is 0.00464. The number of benzene rings is 1. The molecule has 29 heavy (non-hydrogen) atoms. The van der Waals surface area contributed by atoms with E-state index in [2.05, 4.69) is 18.7 Å². The molecule has 0 spiro atoms. The number of hydrogen-bond acceptors (Lipinski definition) is 5. The molecule has 0 unspecified atom stereocenters. The summed E-state index contributed by atoms with van der Waals surface area (Å²) in [5.74, 6) is 0.00464. The summed E-state index contributed by atoms with van der Waals surface area (Å²) in [6.45, 7) is 7.09. The highest BCUT2D eigenvalue weighted by Gasteiger charge is 2.26. The van der Waals surface area contributed by atoms with E-state index in [1.807, 2.05) is 35.2 Å². The molecule has 0 saturated carbocycles. The summed E-state index contributed by atoms with van der Waals surface area (Å²) >= 11 is 7.58. The van der Waals surface area contributed by atoms with Crippen molar-refractivity contribution in [3.8, 4) is 0 Å². The van der Waals surface area contributed by atoms with Crippen molar-refractivity contribution in [1.82, 2.24) is 9.88 Å². The van der Waals surface area contributed by atoms with E-state index in [0.29, 0.717) is 23.7 Å². The standard InChI is InChI=1S/C22H25ClN4OS/c1-3-4-16-7-8-17-19(24)20(29-21(17)25-16)22(28)27-11-9-26(10-12-27)18-13-15(23)6-5-14(18)2/h5-8,13H,3-4,9-12,24H2,1-2H3. The first-order chi connectivity index (χ1) is 14.0. The van der Waals surface area contributed by atoms with Gasteiger partial charge >= 0.3 is 0 Å². The van der Waals surface area contributed by atoms with Gasteiger partial charge in [0.25, 0.3) is 5.91 Å². The number of aromatic nitrogens is 1. The van der Waals surface area contributed by atoms with Crippen LogP contribution >= 0.6 is 22.9 Å². The Kier molecular flexibility index (Phi) is 5.65. The second-order valence-electron chi connectivity index (χ2n) is 7.46. The molecule has 2 N–H and O–H groups in total. The highest BCUT2D eigenvalue weighted by molar-refractivity contribution is 7.21. The molecule has 0 aliphatic carbocycles. The van der Waals surface area contributed by atoms with Gasteiger partial charge in [-0.1, -0.05) is 31.0 Å². The molecule has 3 heterocycles.